The lowest BCUT2D eigenvalue weighted by atomic mass is 10.1. The summed E-state index contributed by atoms with van der Waals surface area (Å²) in [5.74, 6) is 0.461. The van der Waals surface area contributed by atoms with Crippen molar-refractivity contribution in [2.75, 3.05) is 6.61 Å². The molecule has 0 saturated heterocycles. The molecule has 8 heteroatoms. The molecule has 5 nitrogen and oxygen atoms in total. The lowest BCUT2D eigenvalue weighted by Gasteiger charge is -2.09. The summed E-state index contributed by atoms with van der Waals surface area (Å²) >= 11 is 0. The average molecular weight is 356 g/mol. The van der Waals surface area contributed by atoms with Crippen LogP contribution in [0.15, 0.2) is 28.8 Å². The number of aryl methyl sites for hydroxylation is 2. The number of nitrogens with zero attached hydrogens (tertiary/aromatic N) is 1. The summed E-state index contributed by atoms with van der Waals surface area (Å²) in [6.45, 7) is 2.47. The highest BCUT2D eigenvalue weighted by Crippen LogP contribution is 2.16. The van der Waals surface area contributed by atoms with Crippen molar-refractivity contribution in [1.82, 2.24) is 10.5 Å². The van der Waals surface area contributed by atoms with Gasteiger partial charge in [-0.05, 0) is 25.0 Å². The van der Waals surface area contributed by atoms with Crippen molar-refractivity contribution in [2.24, 2.45) is 0 Å². The van der Waals surface area contributed by atoms with Crippen molar-refractivity contribution in [3.63, 3.8) is 0 Å². The molecule has 0 spiro atoms. The Morgan fingerprint density at radius 1 is 1.20 bits per heavy atom. The van der Waals surface area contributed by atoms with Gasteiger partial charge in [-0.1, -0.05) is 29.4 Å². The van der Waals surface area contributed by atoms with Crippen LogP contribution in [0.1, 0.15) is 28.1 Å². The molecule has 25 heavy (non-hydrogen) atoms. The number of alkyl halides is 3. The van der Waals surface area contributed by atoms with Gasteiger partial charge in [0.15, 0.2) is 0 Å². The Hall–Kier alpha value is -2.35. The molecule has 1 aromatic heterocycles. The van der Waals surface area contributed by atoms with Gasteiger partial charge in [0, 0.05) is 12.1 Å². The molecule has 0 bridgehead atoms. The topological polar surface area (TPSA) is 64.4 Å². The molecule has 0 aliphatic heterocycles. The number of halogens is 3. The molecular formula is C17H19F3N2O3. The van der Waals surface area contributed by atoms with E-state index in [1.807, 2.05) is 0 Å². The molecule has 0 atom stereocenters. The van der Waals surface area contributed by atoms with Crippen LogP contribution >= 0.6 is 0 Å². The number of ether oxygens (including phenoxy) is 1. The van der Waals surface area contributed by atoms with E-state index in [1.54, 1.807) is 38.1 Å². The van der Waals surface area contributed by atoms with E-state index in [4.69, 9.17) is 4.52 Å². The van der Waals surface area contributed by atoms with Crippen molar-refractivity contribution in [3.8, 4) is 0 Å². The average Bonchev–Trinajstić information content (AvgIpc) is 2.85. The van der Waals surface area contributed by atoms with Crippen LogP contribution in [0.25, 0.3) is 0 Å². The van der Waals surface area contributed by atoms with Crippen molar-refractivity contribution in [1.29, 1.82) is 0 Å². The van der Waals surface area contributed by atoms with Gasteiger partial charge in [-0.2, -0.15) is 13.2 Å². The summed E-state index contributed by atoms with van der Waals surface area (Å²) in [5, 5.41) is 6.59. The van der Waals surface area contributed by atoms with Crippen molar-refractivity contribution < 1.29 is 27.2 Å². The highest BCUT2D eigenvalue weighted by atomic mass is 19.4. The summed E-state index contributed by atoms with van der Waals surface area (Å²) < 4.78 is 45.6. The number of benzene rings is 1. The zero-order chi connectivity index (χ0) is 18.4. The maximum atomic E-state index is 12.0. The SMILES string of the molecule is Cc1noc(C)c1CC(=O)NCc1ccc(COCC(F)(F)F)cc1. The number of nitrogens with one attached hydrogen (secondary N) is 1. The van der Waals surface area contributed by atoms with E-state index in [2.05, 4.69) is 15.2 Å². The van der Waals surface area contributed by atoms with Gasteiger partial charge in [-0.15, -0.1) is 0 Å². The minimum atomic E-state index is -4.33. The highest BCUT2D eigenvalue weighted by molar-refractivity contribution is 5.78. The Morgan fingerprint density at radius 2 is 1.84 bits per heavy atom. The molecule has 0 saturated carbocycles. The van der Waals surface area contributed by atoms with Crippen molar-refractivity contribution in [2.45, 2.75) is 39.6 Å². The fraction of sp³-hybridized carbons (Fsp3) is 0.412. The van der Waals surface area contributed by atoms with E-state index >= 15 is 0 Å². The Balaban J connectivity index is 1.78. The quantitative estimate of drug-likeness (QED) is 0.827. The van der Waals surface area contributed by atoms with E-state index in [-0.39, 0.29) is 18.9 Å². The van der Waals surface area contributed by atoms with Gasteiger partial charge in [0.05, 0.1) is 18.7 Å². The first-order valence-corrected chi connectivity index (χ1v) is 7.65. The third kappa shape index (κ3) is 6.22. The van der Waals surface area contributed by atoms with Gasteiger partial charge >= 0.3 is 6.18 Å². The van der Waals surface area contributed by atoms with Crippen LogP contribution in [0.3, 0.4) is 0 Å². The van der Waals surface area contributed by atoms with Crippen LogP contribution in [0.2, 0.25) is 0 Å². The first kappa shape index (κ1) is 19.0. The van der Waals surface area contributed by atoms with Gasteiger partial charge < -0.3 is 14.6 Å². The van der Waals surface area contributed by atoms with E-state index in [1.165, 1.54) is 0 Å². The summed E-state index contributed by atoms with van der Waals surface area (Å²) in [5.41, 5.74) is 2.94. The molecule has 0 radical (unpaired) electrons. The fourth-order valence-corrected chi connectivity index (χ4v) is 2.22. The van der Waals surface area contributed by atoms with Crippen LogP contribution < -0.4 is 5.32 Å². The minimum Gasteiger partial charge on any atom is -0.367 e. The number of aromatic nitrogens is 1. The second kappa shape index (κ2) is 8.15. The smallest absolute Gasteiger partial charge is 0.367 e. The fourth-order valence-electron chi connectivity index (χ4n) is 2.22. The second-order valence-corrected chi connectivity index (χ2v) is 5.68. The first-order valence-electron chi connectivity index (χ1n) is 7.65. The molecule has 136 valence electrons. The molecular weight excluding hydrogens is 337 g/mol. The lowest BCUT2D eigenvalue weighted by Crippen LogP contribution is -2.24. The number of rotatable bonds is 7. The number of carbonyl (C=O) groups excluding carboxylic acids is 1. The van der Waals surface area contributed by atoms with Crippen molar-refractivity contribution in [3.05, 3.63) is 52.4 Å². The largest absolute Gasteiger partial charge is 0.411 e. The second-order valence-electron chi connectivity index (χ2n) is 5.68. The van der Waals surface area contributed by atoms with Crippen LogP contribution in [-0.2, 0) is 29.1 Å². The van der Waals surface area contributed by atoms with E-state index in [0.29, 0.717) is 23.6 Å². The van der Waals surface area contributed by atoms with Crippen molar-refractivity contribution >= 4 is 5.91 Å². The zero-order valence-electron chi connectivity index (χ0n) is 13.9. The minimum absolute atomic E-state index is 0.113. The van der Waals surface area contributed by atoms with E-state index < -0.39 is 12.8 Å². The van der Waals surface area contributed by atoms with Gasteiger partial charge in [-0.3, -0.25) is 4.79 Å². The number of carbonyl (C=O) groups is 1. The standard InChI is InChI=1S/C17H19F3N2O3/c1-11-15(12(2)25-22-11)7-16(23)21-8-13-3-5-14(6-4-13)9-24-10-17(18,19)20/h3-6H,7-10H2,1-2H3,(H,21,23). The Morgan fingerprint density at radius 3 is 2.40 bits per heavy atom. The molecule has 2 aromatic rings. The van der Waals surface area contributed by atoms with Gasteiger partial charge in [0.1, 0.15) is 12.4 Å². The van der Waals surface area contributed by atoms with E-state index in [9.17, 15) is 18.0 Å². The Kier molecular flexibility index (Phi) is 6.19. The molecule has 0 unspecified atom stereocenters. The van der Waals surface area contributed by atoms with Gasteiger partial charge in [-0.25, -0.2) is 0 Å². The lowest BCUT2D eigenvalue weighted by molar-refractivity contribution is -0.176. The summed E-state index contributed by atoms with van der Waals surface area (Å²) in [7, 11) is 0. The number of hydrogen-bond donors (Lipinski definition) is 1. The molecule has 0 fully saturated rings. The maximum absolute atomic E-state index is 12.0. The zero-order valence-corrected chi connectivity index (χ0v) is 13.9. The summed E-state index contributed by atoms with van der Waals surface area (Å²) in [6, 6.07) is 6.82. The predicted octanol–water partition coefficient (Wildman–Crippen LogP) is 3.23. The molecule has 1 heterocycles. The third-order valence-corrected chi connectivity index (χ3v) is 3.57. The first-order chi connectivity index (χ1) is 11.7. The third-order valence-electron chi connectivity index (χ3n) is 3.57. The van der Waals surface area contributed by atoms with Gasteiger partial charge in [0.2, 0.25) is 5.91 Å². The van der Waals surface area contributed by atoms with Gasteiger partial charge in [0.25, 0.3) is 0 Å². The molecule has 1 aromatic carbocycles. The molecule has 1 amide bonds. The number of amides is 1. The summed E-state index contributed by atoms with van der Waals surface area (Å²) in [4.78, 5) is 12.0. The highest BCUT2D eigenvalue weighted by Gasteiger charge is 2.27. The van der Waals surface area contributed by atoms with Crippen LogP contribution in [0.4, 0.5) is 13.2 Å². The van der Waals surface area contributed by atoms with Crippen LogP contribution in [0.5, 0.6) is 0 Å². The van der Waals surface area contributed by atoms with E-state index in [0.717, 1.165) is 11.1 Å². The molecule has 2 rings (SSSR count). The predicted molar refractivity (Wildman–Crippen MR) is 83.7 cm³/mol. The monoisotopic (exact) mass is 356 g/mol. The maximum Gasteiger partial charge on any atom is 0.411 e. The van der Waals surface area contributed by atoms with Crippen LogP contribution in [-0.4, -0.2) is 23.8 Å². The summed E-state index contributed by atoms with van der Waals surface area (Å²) in [6.07, 6.45) is -4.14. The van der Waals surface area contributed by atoms with Crippen LogP contribution in [0, 0.1) is 13.8 Å². The molecule has 1 N–H and O–H groups in total. The normalized spacial score (nSPS) is 11.6. The molecule has 0 aliphatic rings. The Labute approximate surface area is 143 Å². The molecule has 0 aliphatic carbocycles. The Bertz CT molecular complexity index is 689. The number of hydrogen-bond acceptors (Lipinski definition) is 4.